The quantitative estimate of drug-likeness (QED) is 0.175. The van der Waals surface area contributed by atoms with Crippen LogP contribution in [0.4, 0.5) is 0 Å². The Kier molecular flexibility index (Phi) is 5.17. The molecular formula is C46H25N3O2. The van der Waals surface area contributed by atoms with E-state index in [9.17, 15) is 0 Å². The van der Waals surface area contributed by atoms with E-state index in [2.05, 4.69) is 132 Å². The molecule has 0 saturated carbocycles. The van der Waals surface area contributed by atoms with E-state index in [4.69, 9.17) is 18.8 Å². The predicted molar refractivity (Wildman–Crippen MR) is 209 cm³/mol. The highest BCUT2D eigenvalue weighted by Gasteiger charge is 2.22. The van der Waals surface area contributed by atoms with Crippen molar-refractivity contribution in [1.82, 2.24) is 14.5 Å². The molecule has 0 aliphatic rings. The molecule has 0 bridgehead atoms. The Labute approximate surface area is 289 Å². The monoisotopic (exact) mass is 651 g/mol. The zero-order chi connectivity index (χ0) is 33.2. The first kappa shape index (κ1) is 26.9. The molecule has 4 heterocycles. The lowest BCUT2D eigenvalue weighted by atomic mass is 10.0. The van der Waals surface area contributed by atoms with Gasteiger partial charge in [-0.25, -0.2) is 9.97 Å². The molecule has 4 aromatic heterocycles. The minimum atomic E-state index is 0.613. The number of furan rings is 2. The summed E-state index contributed by atoms with van der Waals surface area (Å²) in [6, 6.07) is 53.0. The molecule has 0 spiro atoms. The van der Waals surface area contributed by atoms with Crippen molar-refractivity contribution in [1.29, 1.82) is 0 Å². The van der Waals surface area contributed by atoms with Gasteiger partial charge in [0.2, 0.25) is 5.95 Å². The smallest absolute Gasteiger partial charge is 0.235 e. The van der Waals surface area contributed by atoms with Crippen LogP contribution in [-0.2, 0) is 0 Å². The molecule has 0 atom stereocenters. The summed E-state index contributed by atoms with van der Waals surface area (Å²) in [5.41, 5.74) is 8.23. The average Bonchev–Trinajstić information content (AvgIpc) is 3.86. The van der Waals surface area contributed by atoms with Crippen molar-refractivity contribution in [3.8, 4) is 17.2 Å². The number of hydrogen-bond donors (Lipinski definition) is 0. The number of nitrogens with zero attached hydrogens (tertiary/aromatic N) is 3. The van der Waals surface area contributed by atoms with E-state index in [1.807, 2.05) is 24.3 Å². The van der Waals surface area contributed by atoms with E-state index < -0.39 is 0 Å². The zero-order valence-corrected chi connectivity index (χ0v) is 27.1. The summed E-state index contributed by atoms with van der Waals surface area (Å²) < 4.78 is 15.1. The minimum Gasteiger partial charge on any atom is -0.456 e. The lowest BCUT2D eigenvalue weighted by molar-refractivity contribution is 0.669. The molecule has 12 aromatic rings. The zero-order valence-electron chi connectivity index (χ0n) is 27.1. The second-order valence-electron chi connectivity index (χ2n) is 13.3. The number of aromatic nitrogens is 3. The largest absolute Gasteiger partial charge is 0.456 e. The molecule has 8 aromatic carbocycles. The second kappa shape index (κ2) is 9.80. The van der Waals surface area contributed by atoms with Crippen LogP contribution in [0.5, 0.6) is 0 Å². The van der Waals surface area contributed by atoms with Gasteiger partial charge in [-0.05, 0) is 64.7 Å². The molecule has 0 aliphatic heterocycles. The lowest BCUT2D eigenvalue weighted by Gasteiger charge is -2.13. The maximum atomic E-state index is 6.58. The molecule has 0 radical (unpaired) electrons. The van der Waals surface area contributed by atoms with Gasteiger partial charge in [0.05, 0.1) is 22.2 Å². The van der Waals surface area contributed by atoms with Crippen molar-refractivity contribution >= 4 is 98.1 Å². The molecule has 0 aliphatic carbocycles. The van der Waals surface area contributed by atoms with Gasteiger partial charge in [-0.2, -0.15) is 0 Å². The molecule has 0 N–H and O–H groups in total. The van der Waals surface area contributed by atoms with Crippen LogP contribution in [0.3, 0.4) is 0 Å². The third-order valence-corrected chi connectivity index (χ3v) is 10.6. The topological polar surface area (TPSA) is 57.0 Å². The Balaban J connectivity index is 1.23. The molecule has 12 rings (SSSR count). The summed E-state index contributed by atoms with van der Waals surface area (Å²) in [6.07, 6.45) is 0. The highest BCUT2D eigenvalue weighted by Crippen LogP contribution is 2.42. The van der Waals surface area contributed by atoms with E-state index in [-0.39, 0.29) is 0 Å². The molecule has 5 nitrogen and oxygen atoms in total. The fraction of sp³-hybridized carbons (Fsp3) is 0. The van der Waals surface area contributed by atoms with Gasteiger partial charge >= 0.3 is 0 Å². The molecule has 0 fully saturated rings. The van der Waals surface area contributed by atoms with Crippen molar-refractivity contribution in [2.75, 3.05) is 0 Å². The standard InChI is InChI=1S/C46H25N3O2/c1-2-11-28-26(10-1)20-22-33-43(28)47-46(48-44(33)34-16-9-15-31-30-13-4-7-18-39(30)51-45(31)34)49-37-17-6-3-12-29(37)36-25-35-27(24-38(36)49)21-23-41-42(35)32-14-5-8-19-40(32)50-41/h1-25H. The molecule has 236 valence electrons. The third-order valence-electron chi connectivity index (χ3n) is 10.6. The molecule has 51 heavy (non-hydrogen) atoms. The summed E-state index contributed by atoms with van der Waals surface area (Å²) in [4.78, 5) is 10.9. The van der Waals surface area contributed by atoms with Crippen LogP contribution < -0.4 is 0 Å². The van der Waals surface area contributed by atoms with E-state index in [0.29, 0.717) is 5.95 Å². The number of hydrogen-bond acceptors (Lipinski definition) is 4. The Bertz CT molecular complexity index is 3440. The summed E-state index contributed by atoms with van der Waals surface area (Å²) in [5, 5.41) is 12.2. The predicted octanol–water partition coefficient (Wildman–Crippen LogP) is 12.5. The van der Waals surface area contributed by atoms with E-state index in [0.717, 1.165) is 109 Å². The van der Waals surface area contributed by atoms with E-state index >= 15 is 0 Å². The Hall–Kier alpha value is -6.98. The van der Waals surface area contributed by atoms with Gasteiger partial charge in [-0.15, -0.1) is 0 Å². The second-order valence-corrected chi connectivity index (χ2v) is 13.3. The van der Waals surface area contributed by atoms with Crippen LogP contribution in [-0.4, -0.2) is 14.5 Å². The SMILES string of the molecule is c1ccc2c(c1)ccc1c(-c3cccc4c3oc3ccccc34)nc(-n3c4ccccc4c4cc5c(ccc6oc7ccccc7c65)cc43)nc12. The molecule has 0 amide bonds. The number of rotatable bonds is 2. The minimum absolute atomic E-state index is 0.613. The van der Waals surface area contributed by atoms with Crippen molar-refractivity contribution in [3.63, 3.8) is 0 Å². The number of fused-ring (bicyclic) bond motifs is 14. The van der Waals surface area contributed by atoms with Crippen LogP contribution >= 0.6 is 0 Å². The first-order valence-corrected chi connectivity index (χ1v) is 17.2. The lowest BCUT2D eigenvalue weighted by Crippen LogP contribution is -2.04. The van der Waals surface area contributed by atoms with Crippen LogP contribution in [0.2, 0.25) is 0 Å². The summed E-state index contributed by atoms with van der Waals surface area (Å²) >= 11 is 0. The van der Waals surface area contributed by atoms with Crippen molar-refractivity contribution < 1.29 is 8.83 Å². The van der Waals surface area contributed by atoms with E-state index in [1.165, 1.54) is 0 Å². The highest BCUT2D eigenvalue weighted by atomic mass is 16.3. The van der Waals surface area contributed by atoms with Crippen LogP contribution in [0.1, 0.15) is 0 Å². The van der Waals surface area contributed by atoms with Gasteiger partial charge < -0.3 is 8.83 Å². The molecule has 0 unspecified atom stereocenters. The number of benzene rings is 8. The molecular weight excluding hydrogens is 627 g/mol. The average molecular weight is 652 g/mol. The maximum absolute atomic E-state index is 6.58. The fourth-order valence-electron chi connectivity index (χ4n) is 8.32. The van der Waals surface area contributed by atoms with Crippen molar-refractivity contribution in [2.45, 2.75) is 0 Å². The summed E-state index contributed by atoms with van der Waals surface area (Å²) in [6.45, 7) is 0. The van der Waals surface area contributed by atoms with Crippen LogP contribution in [0, 0.1) is 0 Å². The first-order valence-electron chi connectivity index (χ1n) is 17.2. The van der Waals surface area contributed by atoms with Gasteiger partial charge in [0.1, 0.15) is 22.3 Å². The molecule has 5 heteroatoms. The summed E-state index contributed by atoms with van der Waals surface area (Å²) in [7, 11) is 0. The van der Waals surface area contributed by atoms with Crippen molar-refractivity contribution in [2.24, 2.45) is 0 Å². The Morgan fingerprint density at radius 3 is 2.04 bits per heavy atom. The number of para-hydroxylation sites is 4. The Morgan fingerprint density at radius 1 is 0.412 bits per heavy atom. The van der Waals surface area contributed by atoms with Gasteiger partial charge in [0.25, 0.3) is 0 Å². The normalized spacial score (nSPS) is 12.3. The van der Waals surface area contributed by atoms with Crippen LogP contribution in [0.25, 0.3) is 115 Å². The van der Waals surface area contributed by atoms with E-state index in [1.54, 1.807) is 0 Å². The van der Waals surface area contributed by atoms with Gasteiger partial charge in [0, 0.05) is 48.7 Å². The van der Waals surface area contributed by atoms with Crippen LogP contribution in [0.15, 0.2) is 160 Å². The maximum Gasteiger partial charge on any atom is 0.235 e. The third kappa shape index (κ3) is 3.64. The van der Waals surface area contributed by atoms with Gasteiger partial charge in [-0.3, -0.25) is 4.57 Å². The van der Waals surface area contributed by atoms with Gasteiger partial charge in [0.15, 0.2) is 0 Å². The fourth-order valence-corrected chi connectivity index (χ4v) is 8.32. The Morgan fingerprint density at radius 2 is 1.14 bits per heavy atom. The summed E-state index contributed by atoms with van der Waals surface area (Å²) in [5.74, 6) is 0.613. The van der Waals surface area contributed by atoms with Crippen molar-refractivity contribution in [3.05, 3.63) is 152 Å². The molecule has 0 saturated heterocycles. The first-order chi connectivity index (χ1) is 25.3. The van der Waals surface area contributed by atoms with Gasteiger partial charge in [-0.1, -0.05) is 103 Å². The highest BCUT2D eigenvalue weighted by molar-refractivity contribution is 6.23.